The molecule has 0 aliphatic heterocycles. The number of carbonyl (C=O) groups excluding carboxylic acids is 1. The maximum atomic E-state index is 12.3. The summed E-state index contributed by atoms with van der Waals surface area (Å²) >= 11 is 2.26. The lowest BCUT2D eigenvalue weighted by atomic mass is 10.00. The summed E-state index contributed by atoms with van der Waals surface area (Å²) in [6.45, 7) is 5.68. The lowest BCUT2D eigenvalue weighted by Crippen LogP contribution is -2.05. The highest BCUT2D eigenvalue weighted by molar-refractivity contribution is 14.1. The van der Waals surface area contributed by atoms with Crippen molar-refractivity contribution in [1.82, 2.24) is 0 Å². The van der Waals surface area contributed by atoms with Gasteiger partial charge in [-0.2, -0.15) is 0 Å². The molecule has 0 saturated heterocycles. The van der Waals surface area contributed by atoms with Crippen molar-refractivity contribution >= 4 is 28.4 Å². The van der Waals surface area contributed by atoms with Crippen LogP contribution in [0.4, 0.5) is 0 Å². The summed E-state index contributed by atoms with van der Waals surface area (Å²) in [6, 6.07) is 8.03. The highest BCUT2D eigenvalue weighted by Crippen LogP contribution is 2.22. The number of aryl methyl sites for hydroxylation is 2. The Morgan fingerprint density at radius 3 is 2.22 bits per heavy atom. The predicted octanol–water partition coefficient (Wildman–Crippen LogP) is 4.23. The van der Waals surface area contributed by atoms with E-state index in [-0.39, 0.29) is 5.78 Å². The van der Waals surface area contributed by atoms with Crippen molar-refractivity contribution in [1.29, 1.82) is 0 Å². The van der Waals surface area contributed by atoms with Gasteiger partial charge in [0.1, 0.15) is 11.5 Å². The number of hydrogen-bond acceptors (Lipinski definition) is 2. The molecule has 0 amide bonds. The standard InChI is InChI=1S/C15H15IO2/c1-9-10(2)18-11(3)15(9)14(17)8-12-4-6-13(16)7-5-12/h4-7H,8H2,1-3H3. The molecule has 0 bridgehead atoms. The molecule has 18 heavy (non-hydrogen) atoms. The second kappa shape index (κ2) is 5.26. The number of hydrogen-bond donors (Lipinski definition) is 0. The van der Waals surface area contributed by atoms with Crippen LogP contribution < -0.4 is 0 Å². The first-order valence-corrected chi connectivity index (χ1v) is 6.91. The van der Waals surface area contributed by atoms with Crippen LogP contribution in [-0.2, 0) is 6.42 Å². The van der Waals surface area contributed by atoms with Crippen LogP contribution in [0.3, 0.4) is 0 Å². The van der Waals surface area contributed by atoms with E-state index in [9.17, 15) is 4.79 Å². The molecule has 0 N–H and O–H groups in total. The molecule has 0 spiro atoms. The zero-order valence-corrected chi connectivity index (χ0v) is 12.9. The van der Waals surface area contributed by atoms with E-state index in [0.29, 0.717) is 6.42 Å². The molecule has 0 atom stereocenters. The molecule has 0 unspecified atom stereocenters. The molecule has 0 aliphatic rings. The molecular weight excluding hydrogens is 339 g/mol. The van der Waals surface area contributed by atoms with Crippen molar-refractivity contribution in [3.63, 3.8) is 0 Å². The molecule has 1 aromatic heterocycles. The molecule has 0 saturated carbocycles. The van der Waals surface area contributed by atoms with Crippen LogP contribution in [0.5, 0.6) is 0 Å². The summed E-state index contributed by atoms with van der Waals surface area (Å²) in [4.78, 5) is 12.3. The van der Waals surface area contributed by atoms with Crippen LogP contribution in [0, 0.1) is 24.3 Å². The van der Waals surface area contributed by atoms with E-state index in [1.165, 1.54) is 3.57 Å². The molecule has 1 aromatic carbocycles. The van der Waals surface area contributed by atoms with Gasteiger partial charge in [0, 0.05) is 15.6 Å². The number of ketones is 1. The smallest absolute Gasteiger partial charge is 0.171 e. The first kappa shape index (κ1) is 13.3. The van der Waals surface area contributed by atoms with E-state index in [4.69, 9.17) is 4.42 Å². The first-order chi connectivity index (χ1) is 8.49. The van der Waals surface area contributed by atoms with E-state index in [2.05, 4.69) is 22.6 Å². The lowest BCUT2D eigenvalue weighted by molar-refractivity contribution is 0.0991. The Bertz CT molecular complexity index is 579. The lowest BCUT2D eigenvalue weighted by Gasteiger charge is -2.02. The van der Waals surface area contributed by atoms with Crippen molar-refractivity contribution in [3.05, 3.63) is 56.0 Å². The second-order valence-electron chi connectivity index (χ2n) is 4.44. The molecule has 0 aliphatic carbocycles. The quantitative estimate of drug-likeness (QED) is 0.610. The van der Waals surface area contributed by atoms with Gasteiger partial charge in [-0.1, -0.05) is 12.1 Å². The summed E-state index contributed by atoms with van der Waals surface area (Å²) in [5, 5.41) is 0. The Morgan fingerprint density at radius 2 is 1.72 bits per heavy atom. The zero-order chi connectivity index (χ0) is 13.3. The van der Waals surface area contributed by atoms with Gasteiger partial charge >= 0.3 is 0 Å². The number of Topliss-reactive ketones (excluding diaryl/α,β-unsaturated/α-hetero) is 1. The molecule has 0 radical (unpaired) electrons. The van der Waals surface area contributed by atoms with Gasteiger partial charge in [0.2, 0.25) is 0 Å². The molecule has 0 fully saturated rings. The van der Waals surface area contributed by atoms with Gasteiger partial charge in [-0.3, -0.25) is 4.79 Å². The normalized spacial score (nSPS) is 10.7. The Kier molecular flexibility index (Phi) is 3.90. The van der Waals surface area contributed by atoms with Crippen molar-refractivity contribution in [2.75, 3.05) is 0 Å². The van der Waals surface area contributed by atoms with Gasteiger partial charge in [-0.05, 0) is 61.1 Å². The zero-order valence-electron chi connectivity index (χ0n) is 10.7. The fourth-order valence-corrected chi connectivity index (χ4v) is 2.44. The molecule has 2 aromatic rings. The van der Waals surface area contributed by atoms with E-state index in [1.54, 1.807) is 0 Å². The van der Waals surface area contributed by atoms with E-state index in [1.807, 2.05) is 45.0 Å². The maximum Gasteiger partial charge on any atom is 0.171 e. The average molecular weight is 354 g/mol. The summed E-state index contributed by atoms with van der Waals surface area (Å²) < 4.78 is 6.68. The van der Waals surface area contributed by atoms with Crippen molar-refractivity contribution in [2.45, 2.75) is 27.2 Å². The molecule has 2 nitrogen and oxygen atoms in total. The van der Waals surface area contributed by atoms with Crippen LogP contribution in [0.1, 0.15) is 33.0 Å². The number of rotatable bonds is 3. The van der Waals surface area contributed by atoms with Gasteiger partial charge < -0.3 is 4.42 Å². The third-order valence-corrected chi connectivity index (χ3v) is 3.84. The van der Waals surface area contributed by atoms with Gasteiger partial charge in [0.15, 0.2) is 5.78 Å². The van der Waals surface area contributed by atoms with E-state index < -0.39 is 0 Å². The Hall–Kier alpha value is -1.10. The first-order valence-electron chi connectivity index (χ1n) is 5.83. The topological polar surface area (TPSA) is 30.2 Å². The fraction of sp³-hybridized carbons (Fsp3) is 0.267. The van der Waals surface area contributed by atoms with Crippen LogP contribution >= 0.6 is 22.6 Å². The summed E-state index contributed by atoms with van der Waals surface area (Å²) in [6.07, 6.45) is 0.428. The third-order valence-electron chi connectivity index (χ3n) is 3.12. The minimum atomic E-state index is 0.128. The van der Waals surface area contributed by atoms with Gasteiger partial charge in [0.05, 0.1) is 5.56 Å². The van der Waals surface area contributed by atoms with Crippen LogP contribution in [0.15, 0.2) is 28.7 Å². The van der Waals surface area contributed by atoms with Gasteiger partial charge in [-0.15, -0.1) is 0 Å². The van der Waals surface area contributed by atoms with E-state index in [0.717, 1.165) is 28.2 Å². The average Bonchev–Trinajstić information content (AvgIpc) is 2.56. The van der Waals surface area contributed by atoms with Gasteiger partial charge in [-0.25, -0.2) is 0 Å². The summed E-state index contributed by atoms with van der Waals surface area (Å²) in [7, 11) is 0. The Labute approximate surface area is 121 Å². The minimum Gasteiger partial charge on any atom is -0.466 e. The molecular formula is C15H15IO2. The molecule has 3 heteroatoms. The monoisotopic (exact) mass is 354 g/mol. The number of benzene rings is 1. The molecule has 1 heterocycles. The Morgan fingerprint density at radius 1 is 1.11 bits per heavy atom. The summed E-state index contributed by atoms with van der Waals surface area (Å²) in [5.41, 5.74) is 2.74. The van der Waals surface area contributed by atoms with Crippen LogP contribution in [0.2, 0.25) is 0 Å². The van der Waals surface area contributed by atoms with Gasteiger partial charge in [0.25, 0.3) is 0 Å². The van der Waals surface area contributed by atoms with E-state index >= 15 is 0 Å². The number of carbonyl (C=O) groups is 1. The predicted molar refractivity (Wildman–Crippen MR) is 80.1 cm³/mol. The highest BCUT2D eigenvalue weighted by Gasteiger charge is 2.18. The van der Waals surface area contributed by atoms with Crippen molar-refractivity contribution < 1.29 is 9.21 Å². The minimum absolute atomic E-state index is 0.128. The van der Waals surface area contributed by atoms with Crippen LogP contribution in [0.25, 0.3) is 0 Å². The molecule has 94 valence electrons. The summed E-state index contributed by atoms with van der Waals surface area (Å²) in [5.74, 6) is 1.68. The fourth-order valence-electron chi connectivity index (χ4n) is 2.08. The number of halogens is 1. The highest BCUT2D eigenvalue weighted by atomic mass is 127. The van der Waals surface area contributed by atoms with Crippen molar-refractivity contribution in [2.24, 2.45) is 0 Å². The van der Waals surface area contributed by atoms with Crippen LogP contribution in [-0.4, -0.2) is 5.78 Å². The van der Waals surface area contributed by atoms with Crippen molar-refractivity contribution in [3.8, 4) is 0 Å². The second-order valence-corrected chi connectivity index (χ2v) is 5.69. The molecule has 2 rings (SSSR count). The Balaban J connectivity index is 2.24. The largest absolute Gasteiger partial charge is 0.466 e. The third kappa shape index (κ3) is 2.66. The number of furan rings is 1. The SMILES string of the molecule is Cc1oc(C)c(C(=O)Cc2ccc(I)cc2)c1C. The maximum absolute atomic E-state index is 12.3.